The van der Waals surface area contributed by atoms with Crippen LogP contribution in [0.4, 0.5) is 0 Å². The van der Waals surface area contributed by atoms with Crippen molar-refractivity contribution in [3.05, 3.63) is 182 Å². The van der Waals surface area contributed by atoms with Gasteiger partial charge in [0.2, 0.25) is 0 Å². The Morgan fingerprint density at radius 2 is 0.854 bits per heavy atom. The summed E-state index contributed by atoms with van der Waals surface area (Å²) in [6.45, 7) is 0. The lowest BCUT2D eigenvalue weighted by atomic mass is 9.81. The van der Waals surface area contributed by atoms with E-state index in [1.807, 2.05) is 36.8 Å². The van der Waals surface area contributed by atoms with Crippen molar-refractivity contribution in [3.8, 4) is 55.8 Å². The molecule has 0 amide bonds. The molecular weight excluding hydrogens is 581 g/mol. The summed E-state index contributed by atoms with van der Waals surface area (Å²) in [5.74, 6) is 0. The van der Waals surface area contributed by atoms with Crippen LogP contribution >= 0.6 is 0 Å². The van der Waals surface area contributed by atoms with Crippen molar-refractivity contribution in [2.45, 2.75) is 0 Å². The summed E-state index contributed by atoms with van der Waals surface area (Å²) < 4.78 is 0. The van der Waals surface area contributed by atoms with Gasteiger partial charge in [-0.3, -0.25) is 9.97 Å². The van der Waals surface area contributed by atoms with Crippen LogP contribution in [0.15, 0.2) is 182 Å². The first-order chi connectivity index (χ1) is 23.8. The van der Waals surface area contributed by atoms with Gasteiger partial charge in [0.25, 0.3) is 0 Å². The topological polar surface area (TPSA) is 25.8 Å². The number of hydrogen-bond donors (Lipinski definition) is 0. The maximum absolute atomic E-state index is 4.57. The molecule has 0 radical (unpaired) electrons. The maximum atomic E-state index is 4.57. The number of nitrogens with zero attached hydrogens (tertiary/aromatic N) is 2. The zero-order valence-corrected chi connectivity index (χ0v) is 26.2. The van der Waals surface area contributed by atoms with Crippen LogP contribution in [0.25, 0.3) is 88.1 Å². The second-order valence-electron chi connectivity index (χ2n) is 12.1. The molecule has 0 unspecified atom stereocenters. The first kappa shape index (κ1) is 27.9. The molecule has 9 aromatic rings. The molecule has 224 valence electrons. The summed E-state index contributed by atoms with van der Waals surface area (Å²) in [6.07, 6.45) is 5.67. The first-order valence-corrected chi connectivity index (χ1v) is 16.3. The van der Waals surface area contributed by atoms with Gasteiger partial charge in [0, 0.05) is 29.7 Å². The van der Waals surface area contributed by atoms with E-state index in [1.54, 1.807) is 0 Å². The molecule has 0 N–H and O–H groups in total. The normalized spacial score (nSPS) is 11.3. The second-order valence-corrected chi connectivity index (χ2v) is 12.1. The van der Waals surface area contributed by atoms with Crippen LogP contribution in [0.1, 0.15) is 0 Å². The molecule has 0 aliphatic rings. The van der Waals surface area contributed by atoms with Crippen molar-refractivity contribution in [2.75, 3.05) is 0 Å². The van der Waals surface area contributed by atoms with E-state index in [-0.39, 0.29) is 0 Å². The highest BCUT2D eigenvalue weighted by molar-refractivity contribution is 6.25. The minimum Gasteiger partial charge on any atom is -0.264 e. The molecule has 2 aromatic heterocycles. The number of fused-ring (bicyclic) bond motifs is 3. The van der Waals surface area contributed by atoms with E-state index in [2.05, 4.69) is 156 Å². The Kier molecular flexibility index (Phi) is 6.84. The summed E-state index contributed by atoms with van der Waals surface area (Å²) in [7, 11) is 0. The molecule has 2 heteroatoms. The standard InChI is InChI=1S/C46H30N2/c1-2-13-31(14-3-1)41-29-42(35-16-4-5-17-36(35)45(41)34-15-12-27-47-30-34)46-39-20-8-6-18-37(39)44(38-19-7-9-21-40(38)46)33-25-23-32(24-26-33)43-22-10-11-28-48-43/h1-30H. The van der Waals surface area contributed by atoms with Gasteiger partial charge in [-0.25, -0.2) is 0 Å². The summed E-state index contributed by atoms with van der Waals surface area (Å²) in [6, 6.07) is 58.8. The van der Waals surface area contributed by atoms with Gasteiger partial charge in [0.1, 0.15) is 0 Å². The van der Waals surface area contributed by atoms with E-state index in [9.17, 15) is 0 Å². The number of benzene rings is 7. The third-order valence-electron chi connectivity index (χ3n) is 9.41. The van der Waals surface area contributed by atoms with Crippen LogP contribution in [-0.2, 0) is 0 Å². The largest absolute Gasteiger partial charge is 0.264 e. The minimum absolute atomic E-state index is 0.977. The molecular formula is C46H30N2. The molecule has 0 atom stereocenters. The Morgan fingerprint density at radius 1 is 0.312 bits per heavy atom. The first-order valence-electron chi connectivity index (χ1n) is 16.3. The van der Waals surface area contributed by atoms with E-state index in [1.165, 1.54) is 71.3 Å². The van der Waals surface area contributed by atoms with Gasteiger partial charge < -0.3 is 0 Å². The Balaban J connectivity index is 1.37. The van der Waals surface area contributed by atoms with Crippen molar-refractivity contribution in [1.82, 2.24) is 9.97 Å². The van der Waals surface area contributed by atoms with E-state index in [0.29, 0.717) is 0 Å². The average Bonchev–Trinajstić information content (AvgIpc) is 3.17. The lowest BCUT2D eigenvalue weighted by Crippen LogP contribution is -1.95. The van der Waals surface area contributed by atoms with Gasteiger partial charge in [-0.05, 0) is 95.5 Å². The number of hydrogen-bond acceptors (Lipinski definition) is 2. The Morgan fingerprint density at radius 3 is 1.46 bits per heavy atom. The highest BCUT2D eigenvalue weighted by atomic mass is 14.7. The molecule has 0 aliphatic carbocycles. The van der Waals surface area contributed by atoms with Gasteiger partial charge in [0.05, 0.1) is 5.69 Å². The Bertz CT molecular complexity index is 2520. The van der Waals surface area contributed by atoms with Crippen LogP contribution in [0.5, 0.6) is 0 Å². The molecule has 0 aliphatic heterocycles. The highest BCUT2D eigenvalue weighted by Crippen LogP contribution is 2.49. The molecule has 0 saturated heterocycles. The summed E-state index contributed by atoms with van der Waals surface area (Å²) >= 11 is 0. The van der Waals surface area contributed by atoms with E-state index in [0.717, 1.165) is 16.8 Å². The second kappa shape index (κ2) is 11.8. The Labute approximate surface area is 279 Å². The van der Waals surface area contributed by atoms with Crippen molar-refractivity contribution in [1.29, 1.82) is 0 Å². The Hall–Kier alpha value is -6.38. The summed E-state index contributed by atoms with van der Waals surface area (Å²) in [5, 5.41) is 7.37. The SMILES string of the molecule is c1ccc(-c2cc(-c3c4ccccc4c(-c4ccc(-c5ccccn5)cc4)c4ccccc34)c3ccccc3c2-c2cccnc2)cc1. The maximum Gasteiger partial charge on any atom is 0.0701 e. The van der Waals surface area contributed by atoms with E-state index < -0.39 is 0 Å². The van der Waals surface area contributed by atoms with Crippen LogP contribution in [0, 0.1) is 0 Å². The highest BCUT2D eigenvalue weighted by Gasteiger charge is 2.21. The lowest BCUT2D eigenvalue weighted by Gasteiger charge is -2.22. The summed E-state index contributed by atoms with van der Waals surface area (Å²) in [4.78, 5) is 9.09. The predicted octanol–water partition coefficient (Wildman–Crippen LogP) is 12.3. The minimum atomic E-state index is 0.977. The number of aromatic nitrogens is 2. The summed E-state index contributed by atoms with van der Waals surface area (Å²) in [5.41, 5.74) is 11.7. The van der Waals surface area contributed by atoms with Crippen molar-refractivity contribution < 1.29 is 0 Å². The lowest BCUT2D eigenvalue weighted by molar-refractivity contribution is 1.33. The zero-order chi connectivity index (χ0) is 31.9. The predicted molar refractivity (Wildman–Crippen MR) is 202 cm³/mol. The molecule has 0 bridgehead atoms. The molecule has 9 rings (SSSR count). The van der Waals surface area contributed by atoms with Crippen LogP contribution < -0.4 is 0 Å². The molecule has 48 heavy (non-hydrogen) atoms. The van der Waals surface area contributed by atoms with Gasteiger partial charge in [-0.15, -0.1) is 0 Å². The van der Waals surface area contributed by atoms with Gasteiger partial charge >= 0.3 is 0 Å². The quantitative estimate of drug-likeness (QED) is 0.181. The number of rotatable bonds is 5. The third-order valence-corrected chi connectivity index (χ3v) is 9.41. The third kappa shape index (κ3) is 4.66. The van der Waals surface area contributed by atoms with Crippen LogP contribution in [0.2, 0.25) is 0 Å². The molecule has 0 fully saturated rings. The fourth-order valence-electron chi connectivity index (χ4n) is 7.32. The molecule has 2 heterocycles. The fraction of sp³-hybridized carbons (Fsp3) is 0. The monoisotopic (exact) mass is 610 g/mol. The van der Waals surface area contributed by atoms with Crippen molar-refractivity contribution >= 4 is 32.3 Å². The van der Waals surface area contributed by atoms with E-state index >= 15 is 0 Å². The van der Waals surface area contributed by atoms with Gasteiger partial charge in [0.15, 0.2) is 0 Å². The molecule has 0 saturated carbocycles. The molecule has 0 spiro atoms. The van der Waals surface area contributed by atoms with E-state index in [4.69, 9.17) is 0 Å². The number of pyridine rings is 2. The fourth-order valence-corrected chi connectivity index (χ4v) is 7.32. The van der Waals surface area contributed by atoms with Crippen molar-refractivity contribution in [3.63, 3.8) is 0 Å². The van der Waals surface area contributed by atoms with Gasteiger partial charge in [-0.2, -0.15) is 0 Å². The van der Waals surface area contributed by atoms with Gasteiger partial charge in [-0.1, -0.05) is 140 Å². The van der Waals surface area contributed by atoms with Crippen LogP contribution in [-0.4, -0.2) is 9.97 Å². The van der Waals surface area contributed by atoms with Crippen molar-refractivity contribution in [2.24, 2.45) is 0 Å². The molecule has 7 aromatic carbocycles. The smallest absolute Gasteiger partial charge is 0.0701 e. The average molecular weight is 611 g/mol. The molecule has 2 nitrogen and oxygen atoms in total. The van der Waals surface area contributed by atoms with Crippen LogP contribution in [0.3, 0.4) is 0 Å². The zero-order valence-electron chi connectivity index (χ0n) is 26.2.